The van der Waals surface area contributed by atoms with Gasteiger partial charge in [-0.2, -0.15) is 12.7 Å². The largest absolute Gasteiger partial charge is 0.478 e. The number of rotatable bonds is 5. The number of hydrogen-bond donors (Lipinski definition) is 2. The Morgan fingerprint density at radius 1 is 1.03 bits per heavy atom. The molecule has 0 aliphatic carbocycles. The summed E-state index contributed by atoms with van der Waals surface area (Å²) in [4.78, 5) is 36.8. The monoisotopic (exact) mass is 469 g/mol. The number of benzene rings is 2. The van der Waals surface area contributed by atoms with Crippen molar-refractivity contribution >= 4 is 34.1 Å². The van der Waals surface area contributed by atoms with Crippen LogP contribution in [0.15, 0.2) is 66.9 Å². The van der Waals surface area contributed by atoms with Gasteiger partial charge in [-0.3, -0.25) is 4.79 Å². The number of hydrogen-bond acceptors (Lipinski definition) is 8. The molecular weight excluding hydrogens is 454 g/mol. The van der Waals surface area contributed by atoms with Crippen molar-refractivity contribution in [3.63, 3.8) is 0 Å². The van der Waals surface area contributed by atoms with Crippen LogP contribution in [0, 0.1) is 0 Å². The van der Waals surface area contributed by atoms with Crippen molar-refractivity contribution in [1.82, 2.24) is 29.8 Å². The molecule has 168 valence electrons. The summed E-state index contributed by atoms with van der Waals surface area (Å²) in [5.41, 5.74) is 1.04. The maximum Gasteiger partial charge on any atom is 0.343 e. The van der Waals surface area contributed by atoms with Crippen LogP contribution in [-0.4, -0.2) is 55.9 Å². The van der Waals surface area contributed by atoms with Gasteiger partial charge in [-0.25, -0.2) is 9.59 Å². The van der Waals surface area contributed by atoms with E-state index >= 15 is 0 Å². The molecule has 2 aromatic carbocycles. The number of aromatic nitrogens is 4. The number of carbonyl (C=O) groups is 3. The Bertz CT molecular complexity index is 1350. The fraction of sp³-hybridized carbons (Fsp3) is 0.0526. The molecule has 0 spiro atoms. The van der Waals surface area contributed by atoms with E-state index in [4.69, 9.17) is 5.11 Å². The maximum atomic E-state index is 13.0. The van der Waals surface area contributed by atoms with Gasteiger partial charge in [-0.15, -0.1) is 14.2 Å². The van der Waals surface area contributed by atoms with E-state index in [1.54, 1.807) is 30.3 Å². The van der Waals surface area contributed by atoms with E-state index < -0.39 is 34.1 Å². The van der Waals surface area contributed by atoms with E-state index in [1.807, 2.05) is 0 Å². The molecule has 14 heteroatoms. The fourth-order valence-electron chi connectivity index (χ4n) is 2.84. The third kappa shape index (κ3) is 4.27. The Labute approximate surface area is 186 Å². The van der Waals surface area contributed by atoms with Crippen molar-refractivity contribution < 1.29 is 27.9 Å². The molecule has 1 aliphatic rings. The van der Waals surface area contributed by atoms with Gasteiger partial charge >= 0.3 is 22.2 Å². The normalized spacial score (nSPS) is 14.8. The Hall–Kier alpha value is -4.59. The molecule has 0 saturated carbocycles. The van der Waals surface area contributed by atoms with Gasteiger partial charge < -0.3 is 10.4 Å². The van der Waals surface area contributed by atoms with Crippen molar-refractivity contribution in [3.8, 4) is 5.69 Å². The predicted octanol–water partition coefficient (Wildman–Crippen LogP) is 0.677. The predicted molar refractivity (Wildman–Crippen MR) is 112 cm³/mol. The summed E-state index contributed by atoms with van der Waals surface area (Å²) in [7, 11) is -4.69. The lowest BCUT2D eigenvalue weighted by molar-refractivity contribution is -0.113. The van der Waals surface area contributed by atoms with E-state index in [1.165, 1.54) is 24.3 Å². The molecule has 0 saturated heterocycles. The van der Waals surface area contributed by atoms with Crippen molar-refractivity contribution in [2.75, 3.05) is 4.31 Å². The minimum atomic E-state index is -4.69. The second-order valence-electron chi connectivity index (χ2n) is 6.60. The summed E-state index contributed by atoms with van der Waals surface area (Å²) in [6.45, 7) is 0.0637. The summed E-state index contributed by atoms with van der Waals surface area (Å²) in [6.07, 6.45) is 1.72. The molecule has 0 atom stereocenters. The lowest BCUT2D eigenvalue weighted by atomic mass is 10.2. The van der Waals surface area contributed by atoms with Crippen LogP contribution in [-0.2, 0) is 21.5 Å². The van der Waals surface area contributed by atoms with Gasteiger partial charge in [0.2, 0.25) is 0 Å². The first kappa shape index (κ1) is 21.6. The lowest BCUT2D eigenvalue weighted by Crippen LogP contribution is -2.52. The third-order valence-corrected chi connectivity index (χ3v) is 6.04. The Morgan fingerprint density at radius 3 is 2.39 bits per heavy atom. The average Bonchev–Trinajstić information content (AvgIpc) is 3.27. The molecule has 0 fully saturated rings. The molecule has 3 amide bonds. The van der Waals surface area contributed by atoms with Crippen LogP contribution in [0.2, 0.25) is 0 Å². The zero-order valence-electron chi connectivity index (χ0n) is 16.6. The quantitative estimate of drug-likeness (QED) is 0.546. The SMILES string of the molecule is O=C(O)c1ccc(-n2nnc(N3C(=O)C=CN(C(=O)NCc4ccccc4)S3(=O)=O)n2)cc1. The summed E-state index contributed by atoms with van der Waals surface area (Å²) >= 11 is 0. The number of carbonyl (C=O) groups excluding carboxylic acids is 2. The smallest absolute Gasteiger partial charge is 0.343 e. The van der Waals surface area contributed by atoms with Gasteiger partial charge in [-0.05, 0) is 35.0 Å². The molecule has 1 aliphatic heterocycles. The molecule has 2 heterocycles. The van der Waals surface area contributed by atoms with Crippen LogP contribution in [0.5, 0.6) is 0 Å². The van der Waals surface area contributed by atoms with Gasteiger partial charge in [0.15, 0.2) is 0 Å². The summed E-state index contributed by atoms with van der Waals surface area (Å²) < 4.78 is 26.6. The lowest BCUT2D eigenvalue weighted by Gasteiger charge is -2.27. The average molecular weight is 469 g/mol. The van der Waals surface area contributed by atoms with Crippen molar-refractivity contribution in [2.45, 2.75) is 6.54 Å². The van der Waals surface area contributed by atoms with E-state index in [-0.39, 0.29) is 22.1 Å². The van der Waals surface area contributed by atoms with Crippen LogP contribution in [0.3, 0.4) is 0 Å². The molecular formula is C19H15N7O6S. The van der Waals surface area contributed by atoms with Crippen LogP contribution in [0.1, 0.15) is 15.9 Å². The number of tetrazole rings is 1. The van der Waals surface area contributed by atoms with E-state index in [0.717, 1.165) is 22.6 Å². The first-order chi connectivity index (χ1) is 15.8. The summed E-state index contributed by atoms with van der Waals surface area (Å²) in [6, 6.07) is 13.2. The highest BCUT2D eigenvalue weighted by Crippen LogP contribution is 2.21. The molecule has 3 aromatic rings. The van der Waals surface area contributed by atoms with Crippen LogP contribution in [0.25, 0.3) is 5.69 Å². The Kier molecular flexibility index (Phi) is 5.58. The van der Waals surface area contributed by atoms with Crippen molar-refractivity contribution in [3.05, 3.63) is 78.0 Å². The maximum absolute atomic E-state index is 13.0. The standard InChI is InChI=1S/C19H15N7O6S/c27-16-10-11-24(19(30)20-12-13-4-2-1-3-5-13)33(31,32)25(16)18-21-23-26(22-18)15-8-6-14(7-9-15)17(28)29/h1-11H,12H2,(H,20,30)(H,28,29). The Morgan fingerprint density at radius 2 is 1.73 bits per heavy atom. The summed E-state index contributed by atoms with van der Waals surface area (Å²) in [5, 5.41) is 22.6. The molecule has 33 heavy (non-hydrogen) atoms. The number of carboxylic acid groups (broad SMARTS) is 1. The molecule has 2 N–H and O–H groups in total. The van der Waals surface area contributed by atoms with Gasteiger partial charge in [0.1, 0.15) is 0 Å². The molecule has 0 radical (unpaired) electrons. The topological polar surface area (TPSA) is 168 Å². The zero-order chi connectivity index (χ0) is 23.6. The van der Waals surface area contributed by atoms with Crippen molar-refractivity contribution in [2.24, 2.45) is 0 Å². The van der Waals surface area contributed by atoms with Crippen LogP contribution >= 0.6 is 0 Å². The summed E-state index contributed by atoms with van der Waals surface area (Å²) in [5.74, 6) is -2.72. The van der Waals surface area contributed by atoms with E-state index in [0.29, 0.717) is 4.31 Å². The second kappa shape index (κ2) is 8.51. The number of anilines is 1. The molecule has 0 bridgehead atoms. The minimum absolute atomic E-state index is 0.0233. The molecule has 4 rings (SSSR count). The van der Waals surface area contributed by atoms with Crippen LogP contribution < -0.4 is 9.62 Å². The van der Waals surface area contributed by atoms with Gasteiger partial charge in [0, 0.05) is 18.8 Å². The number of urea groups is 1. The minimum Gasteiger partial charge on any atom is -0.478 e. The second-order valence-corrected chi connectivity index (χ2v) is 8.25. The Balaban J connectivity index is 1.56. The number of nitrogens with one attached hydrogen (secondary N) is 1. The zero-order valence-corrected chi connectivity index (χ0v) is 17.5. The third-order valence-electron chi connectivity index (χ3n) is 4.45. The number of amides is 3. The van der Waals surface area contributed by atoms with Gasteiger partial charge in [0.25, 0.3) is 11.9 Å². The highest BCUT2D eigenvalue weighted by Gasteiger charge is 2.41. The van der Waals surface area contributed by atoms with Crippen LogP contribution in [0.4, 0.5) is 10.7 Å². The number of carboxylic acids is 1. The first-order valence-corrected chi connectivity index (χ1v) is 10.7. The first-order valence-electron chi connectivity index (χ1n) is 9.30. The van der Waals surface area contributed by atoms with Gasteiger partial charge in [0.05, 0.1) is 11.3 Å². The van der Waals surface area contributed by atoms with E-state index in [2.05, 4.69) is 20.7 Å². The van der Waals surface area contributed by atoms with E-state index in [9.17, 15) is 22.8 Å². The van der Waals surface area contributed by atoms with Crippen molar-refractivity contribution in [1.29, 1.82) is 0 Å². The molecule has 0 unspecified atom stereocenters. The number of aromatic carboxylic acids is 1. The highest BCUT2D eigenvalue weighted by molar-refractivity contribution is 7.92. The van der Waals surface area contributed by atoms with Gasteiger partial charge in [-0.1, -0.05) is 35.4 Å². The highest BCUT2D eigenvalue weighted by atomic mass is 32.2. The number of nitrogens with zero attached hydrogens (tertiary/aromatic N) is 6. The fourth-order valence-corrected chi connectivity index (χ4v) is 4.07. The molecule has 13 nitrogen and oxygen atoms in total. The molecule has 1 aromatic heterocycles.